The molecule has 0 bridgehead atoms. The van der Waals surface area contributed by atoms with Gasteiger partial charge in [-0.3, -0.25) is 0 Å². The molecule has 1 fully saturated rings. The van der Waals surface area contributed by atoms with Gasteiger partial charge in [-0.1, -0.05) is 0 Å². The van der Waals surface area contributed by atoms with E-state index in [0.29, 0.717) is 12.1 Å². The maximum atomic E-state index is 5.54. The van der Waals surface area contributed by atoms with Crippen LogP contribution in [0.25, 0.3) is 5.82 Å². The third kappa shape index (κ3) is 2.73. The van der Waals surface area contributed by atoms with Gasteiger partial charge >= 0.3 is 0 Å². The summed E-state index contributed by atoms with van der Waals surface area (Å²) >= 11 is 0. The molecule has 0 aliphatic heterocycles. The van der Waals surface area contributed by atoms with Gasteiger partial charge in [-0.25, -0.2) is 14.6 Å². The zero-order valence-corrected chi connectivity index (χ0v) is 10.9. The number of aromatic nitrogens is 4. The summed E-state index contributed by atoms with van der Waals surface area (Å²) in [5, 5.41) is 7.49. The topological polar surface area (TPSA) is 64.9 Å². The van der Waals surface area contributed by atoms with Crippen LogP contribution in [0.1, 0.15) is 19.8 Å². The molecule has 2 aromatic heterocycles. The number of hydrogen-bond acceptors (Lipinski definition) is 5. The van der Waals surface area contributed by atoms with E-state index < -0.39 is 0 Å². The molecule has 2 heterocycles. The fourth-order valence-corrected chi connectivity index (χ4v) is 2.22. The number of hydrogen-bond donors (Lipinski definition) is 1. The van der Waals surface area contributed by atoms with Crippen molar-refractivity contribution in [1.29, 1.82) is 0 Å². The van der Waals surface area contributed by atoms with E-state index in [-0.39, 0.29) is 0 Å². The predicted octanol–water partition coefficient (Wildman–Crippen LogP) is 1.64. The molecule has 0 radical (unpaired) electrons. The molecule has 0 saturated heterocycles. The standard InChI is InChI=1S/C13H17N5O/c1-2-19-12-5-11(6-12)17-10-3-4-13(15-7-10)18-9-14-8-16-18/h3-4,7-9,11-12,17H,2,5-6H2,1H3. The normalized spacial score (nSPS) is 21.9. The minimum atomic E-state index is 0.421. The Bertz CT molecular complexity index is 504. The Hall–Kier alpha value is -1.95. The van der Waals surface area contributed by atoms with Crippen molar-refractivity contribution in [3.8, 4) is 5.82 Å². The highest BCUT2D eigenvalue weighted by atomic mass is 16.5. The molecule has 2 aromatic rings. The van der Waals surface area contributed by atoms with Crippen LogP contribution < -0.4 is 5.32 Å². The van der Waals surface area contributed by atoms with E-state index in [4.69, 9.17) is 4.74 Å². The first kappa shape index (κ1) is 12.1. The molecule has 0 unspecified atom stereocenters. The van der Waals surface area contributed by atoms with E-state index in [0.717, 1.165) is 31.0 Å². The molecular formula is C13H17N5O. The highest BCUT2D eigenvalue weighted by Gasteiger charge is 2.29. The molecule has 0 atom stereocenters. The van der Waals surface area contributed by atoms with Crippen molar-refractivity contribution in [2.24, 2.45) is 0 Å². The van der Waals surface area contributed by atoms with Gasteiger partial charge in [0, 0.05) is 12.6 Å². The average molecular weight is 259 g/mol. The second-order valence-electron chi connectivity index (χ2n) is 4.64. The molecule has 6 nitrogen and oxygen atoms in total. The SMILES string of the molecule is CCOC1CC(Nc2ccc(-n3cncn3)nc2)C1. The maximum absolute atomic E-state index is 5.54. The minimum Gasteiger partial charge on any atom is -0.381 e. The molecule has 1 aliphatic rings. The fourth-order valence-electron chi connectivity index (χ4n) is 2.22. The molecule has 0 aromatic carbocycles. The van der Waals surface area contributed by atoms with E-state index in [1.807, 2.05) is 25.3 Å². The van der Waals surface area contributed by atoms with E-state index >= 15 is 0 Å². The molecule has 0 spiro atoms. The first-order valence-corrected chi connectivity index (χ1v) is 6.54. The van der Waals surface area contributed by atoms with Crippen molar-refractivity contribution >= 4 is 5.69 Å². The Morgan fingerprint density at radius 2 is 2.32 bits per heavy atom. The fraction of sp³-hybridized carbons (Fsp3) is 0.462. The van der Waals surface area contributed by atoms with Crippen LogP contribution in [0.4, 0.5) is 5.69 Å². The minimum absolute atomic E-state index is 0.421. The summed E-state index contributed by atoms with van der Waals surface area (Å²) in [7, 11) is 0. The van der Waals surface area contributed by atoms with Crippen molar-refractivity contribution < 1.29 is 4.74 Å². The van der Waals surface area contributed by atoms with Crippen LogP contribution in [-0.4, -0.2) is 38.5 Å². The summed E-state index contributed by atoms with van der Waals surface area (Å²) < 4.78 is 7.18. The van der Waals surface area contributed by atoms with Crippen LogP contribution in [0, 0.1) is 0 Å². The van der Waals surface area contributed by atoms with Crippen molar-refractivity contribution in [3.63, 3.8) is 0 Å². The lowest BCUT2D eigenvalue weighted by Gasteiger charge is -2.35. The number of nitrogens with one attached hydrogen (secondary N) is 1. The third-order valence-corrected chi connectivity index (χ3v) is 3.27. The Balaban J connectivity index is 1.56. The number of ether oxygens (including phenoxy) is 1. The van der Waals surface area contributed by atoms with Crippen LogP contribution in [0.2, 0.25) is 0 Å². The molecule has 0 amide bonds. The Labute approximate surface area is 111 Å². The molecule has 1 N–H and O–H groups in total. The third-order valence-electron chi connectivity index (χ3n) is 3.27. The molecule has 1 aliphatic carbocycles. The summed E-state index contributed by atoms with van der Waals surface area (Å²) in [4.78, 5) is 8.25. The van der Waals surface area contributed by atoms with Gasteiger partial charge in [0.2, 0.25) is 0 Å². The Morgan fingerprint density at radius 1 is 1.42 bits per heavy atom. The van der Waals surface area contributed by atoms with Crippen molar-refractivity contribution in [2.75, 3.05) is 11.9 Å². The van der Waals surface area contributed by atoms with Gasteiger partial charge in [0.1, 0.15) is 12.7 Å². The van der Waals surface area contributed by atoms with Gasteiger partial charge in [-0.2, -0.15) is 5.10 Å². The Morgan fingerprint density at radius 3 is 2.95 bits per heavy atom. The number of anilines is 1. The molecule has 3 rings (SSSR count). The van der Waals surface area contributed by atoms with Gasteiger partial charge < -0.3 is 10.1 Å². The van der Waals surface area contributed by atoms with Crippen molar-refractivity contribution in [1.82, 2.24) is 19.7 Å². The van der Waals surface area contributed by atoms with Gasteiger partial charge in [0.15, 0.2) is 5.82 Å². The zero-order valence-electron chi connectivity index (χ0n) is 10.9. The number of rotatable bonds is 5. The zero-order chi connectivity index (χ0) is 13.1. The van der Waals surface area contributed by atoms with E-state index in [1.54, 1.807) is 11.0 Å². The summed E-state index contributed by atoms with van der Waals surface area (Å²) in [6.45, 7) is 2.83. The maximum Gasteiger partial charge on any atom is 0.155 e. The average Bonchev–Trinajstić information content (AvgIpc) is 2.91. The lowest BCUT2D eigenvalue weighted by Crippen LogP contribution is -2.40. The van der Waals surface area contributed by atoms with Crippen LogP contribution >= 0.6 is 0 Å². The molecule has 19 heavy (non-hydrogen) atoms. The second-order valence-corrected chi connectivity index (χ2v) is 4.64. The van der Waals surface area contributed by atoms with Gasteiger partial charge in [-0.05, 0) is 31.9 Å². The molecule has 100 valence electrons. The summed E-state index contributed by atoms with van der Waals surface area (Å²) in [6.07, 6.45) is 7.51. The summed E-state index contributed by atoms with van der Waals surface area (Å²) in [5.74, 6) is 0.767. The monoisotopic (exact) mass is 259 g/mol. The Kier molecular flexibility index (Phi) is 3.41. The first-order valence-electron chi connectivity index (χ1n) is 6.54. The molecule has 6 heteroatoms. The van der Waals surface area contributed by atoms with Crippen LogP contribution in [-0.2, 0) is 4.74 Å². The summed E-state index contributed by atoms with van der Waals surface area (Å²) in [6, 6.07) is 4.43. The highest BCUT2D eigenvalue weighted by molar-refractivity contribution is 5.44. The van der Waals surface area contributed by atoms with E-state index in [9.17, 15) is 0 Å². The lowest BCUT2D eigenvalue weighted by atomic mass is 9.89. The van der Waals surface area contributed by atoms with Crippen molar-refractivity contribution in [2.45, 2.75) is 31.9 Å². The highest BCUT2D eigenvalue weighted by Crippen LogP contribution is 2.26. The molecular weight excluding hydrogens is 242 g/mol. The summed E-state index contributed by atoms with van der Waals surface area (Å²) in [5.41, 5.74) is 1.03. The second kappa shape index (κ2) is 5.36. The quantitative estimate of drug-likeness (QED) is 0.884. The van der Waals surface area contributed by atoms with Crippen molar-refractivity contribution in [3.05, 3.63) is 31.0 Å². The van der Waals surface area contributed by atoms with Gasteiger partial charge in [-0.15, -0.1) is 0 Å². The number of nitrogens with zero attached hydrogens (tertiary/aromatic N) is 4. The van der Waals surface area contributed by atoms with Crippen LogP contribution in [0.5, 0.6) is 0 Å². The first-order chi connectivity index (χ1) is 9.35. The lowest BCUT2D eigenvalue weighted by molar-refractivity contribution is 0.00299. The van der Waals surface area contributed by atoms with E-state index in [2.05, 4.69) is 20.4 Å². The molecule has 1 saturated carbocycles. The smallest absolute Gasteiger partial charge is 0.155 e. The van der Waals surface area contributed by atoms with Crippen LogP contribution in [0.3, 0.4) is 0 Å². The van der Waals surface area contributed by atoms with Gasteiger partial charge in [0.05, 0.1) is 18.0 Å². The predicted molar refractivity (Wildman–Crippen MR) is 71.2 cm³/mol. The van der Waals surface area contributed by atoms with Gasteiger partial charge in [0.25, 0.3) is 0 Å². The van der Waals surface area contributed by atoms with Crippen LogP contribution in [0.15, 0.2) is 31.0 Å². The number of pyridine rings is 1. The van der Waals surface area contributed by atoms with E-state index in [1.165, 1.54) is 6.33 Å². The largest absolute Gasteiger partial charge is 0.381 e.